The highest BCUT2D eigenvalue weighted by Gasteiger charge is 2.32. The smallest absolute Gasteiger partial charge is 0.323 e. The second kappa shape index (κ2) is 13.2. The quantitative estimate of drug-likeness (QED) is 0.315. The van der Waals surface area contributed by atoms with Crippen molar-refractivity contribution in [3.8, 4) is 5.75 Å². The van der Waals surface area contributed by atoms with E-state index in [0.717, 1.165) is 0 Å². The summed E-state index contributed by atoms with van der Waals surface area (Å²) >= 11 is 0. The molecule has 14 heteroatoms. The summed E-state index contributed by atoms with van der Waals surface area (Å²) in [6.07, 6.45) is -0.525. The van der Waals surface area contributed by atoms with Gasteiger partial charge in [0.2, 0.25) is 5.91 Å². The van der Waals surface area contributed by atoms with E-state index in [1.807, 2.05) is 6.92 Å². The molecule has 0 saturated heterocycles. The summed E-state index contributed by atoms with van der Waals surface area (Å²) in [5.74, 6) is 1.03. The van der Waals surface area contributed by atoms with Crippen LogP contribution in [0.1, 0.15) is 42.3 Å². The normalized spacial score (nSPS) is 17.6. The van der Waals surface area contributed by atoms with Crippen LogP contribution in [0.2, 0.25) is 0 Å². The molecular formula is C29H39N7O7. The van der Waals surface area contributed by atoms with Crippen LogP contribution in [0, 0.1) is 33.6 Å². The van der Waals surface area contributed by atoms with E-state index in [2.05, 4.69) is 26.3 Å². The lowest BCUT2D eigenvalue weighted by Crippen LogP contribution is -2.48. The van der Waals surface area contributed by atoms with Crippen molar-refractivity contribution in [3.05, 3.63) is 46.7 Å². The number of amides is 5. The summed E-state index contributed by atoms with van der Waals surface area (Å²) in [5.41, 5.74) is 3.10. The van der Waals surface area contributed by atoms with E-state index >= 15 is 0 Å². The van der Waals surface area contributed by atoms with E-state index in [1.54, 1.807) is 64.8 Å². The Morgan fingerprint density at radius 1 is 1.07 bits per heavy atom. The number of aliphatic hydroxyl groups is 1. The van der Waals surface area contributed by atoms with Gasteiger partial charge in [0, 0.05) is 30.8 Å². The molecule has 1 aromatic carbocycles. The molecule has 5 amide bonds. The number of aliphatic hydroxyl groups excluding tert-OH is 1. The third-order valence-corrected chi connectivity index (χ3v) is 7.51. The SMILES string of the molecule is Cc1noc(C)c1NC(=O)Nc1ccc2c(c1)CC(=O)N([C@H](C)CO)C[C@H](C)[C@H](CN(C)C(=O)Nc1c(C)noc1C)O2. The van der Waals surface area contributed by atoms with Crippen molar-refractivity contribution in [3.63, 3.8) is 0 Å². The highest BCUT2D eigenvalue weighted by Crippen LogP contribution is 2.30. The van der Waals surface area contributed by atoms with Gasteiger partial charge >= 0.3 is 12.1 Å². The number of rotatable bonds is 7. The van der Waals surface area contributed by atoms with Crippen molar-refractivity contribution >= 4 is 35.0 Å². The molecule has 0 unspecified atom stereocenters. The number of hydrogen-bond donors (Lipinski definition) is 4. The molecule has 3 aromatic rings. The lowest BCUT2D eigenvalue weighted by Gasteiger charge is -2.34. The first kappa shape index (κ1) is 31.3. The highest BCUT2D eigenvalue weighted by atomic mass is 16.5. The second-order valence-corrected chi connectivity index (χ2v) is 11.0. The first-order valence-corrected chi connectivity index (χ1v) is 14.0. The summed E-state index contributed by atoms with van der Waals surface area (Å²) in [6.45, 7) is 10.9. The van der Waals surface area contributed by atoms with Crippen LogP contribution in [0.5, 0.6) is 5.75 Å². The average molecular weight is 598 g/mol. The lowest BCUT2D eigenvalue weighted by atomic mass is 10.0. The number of aryl methyl sites for hydroxylation is 4. The first-order valence-electron chi connectivity index (χ1n) is 14.0. The second-order valence-electron chi connectivity index (χ2n) is 11.0. The van der Waals surface area contributed by atoms with E-state index in [9.17, 15) is 19.5 Å². The molecule has 4 N–H and O–H groups in total. The van der Waals surface area contributed by atoms with Crippen LogP contribution in [0.4, 0.5) is 26.7 Å². The molecule has 4 rings (SSSR count). The van der Waals surface area contributed by atoms with Gasteiger partial charge in [0.15, 0.2) is 11.5 Å². The standard InChI is InChI=1S/C29H39N7O7/c1-15-12-36(16(2)14-37)25(38)11-21-10-22(30-28(39)31-26-17(3)33-42-19(26)5)8-9-23(21)41-24(15)13-35(7)29(40)32-27-18(4)34-43-20(27)6/h8-10,15-16,24,37H,11-14H2,1-7H3,(H,32,40)(H2,30,31,39)/t15-,16+,24-/m0/s1. The molecule has 0 aliphatic carbocycles. The fourth-order valence-corrected chi connectivity index (χ4v) is 4.88. The van der Waals surface area contributed by atoms with Crippen LogP contribution in [0.15, 0.2) is 27.2 Å². The Morgan fingerprint density at radius 3 is 2.28 bits per heavy atom. The number of hydrogen-bond acceptors (Lipinski definition) is 9. The number of fused-ring (bicyclic) bond motifs is 1. The van der Waals surface area contributed by atoms with Gasteiger partial charge in [0.25, 0.3) is 0 Å². The number of urea groups is 2. The monoisotopic (exact) mass is 597 g/mol. The molecule has 43 heavy (non-hydrogen) atoms. The van der Waals surface area contributed by atoms with Crippen molar-refractivity contribution in [1.82, 2.24) is 20.1 Å². The van der Waals surface area contributed by atoms with Gasteiger partial charge in [-0.2, -0.15) is 0 Å². The van der Waals surface area contributed by atoms with Crippen molar-refractivity contribution < 1.29 is 33.3 Å². The molecule has 0 fully saturated rings. The lowest BCUT2D eigenvalue weighted by molar-refractivity contribution is -0.134. The third kappa shape index (κ3) is 7.25. The van der Waals surface area contributed by atoms with Gasteiger partial charge in [-0.05, 0) is 52.8 Å². The van der Waals surface area contributed by atoms with Gasteiger partial charge < -0.3 is 44.6 Å². The summed E-state index contributed by atoms with van der Waals surface area (Å²) in [7, 11) is 1.65. The zero-order valence-electron chi connectivity index (χ0n) is 25.5. The van der Waals surface area contributed by atoms with E-state index in [-0.39, 0.29) is 37.4 Å². The zero-order valence-corrected chi connectivity index (χ0v) is 25.5. The molecule has 3 heterocycles. The number of carbonyl (C=O) groups is 3. The van der Waals surface area contributed by atoms with Gasteiger partial charge in [-0.1, -0.05) is 17.2 Å². The van der Waals surface area contributed by atoms with Crippen molar-refractivity contribution in [2.45, 2.75) is 60.1 Å². The maximum absolute atomic E-state index is 13.5. The fourth-order valence-electron chi connectivity index (χ4n) is 4.88. The summed E-state index contributed by atoms with van der Waals surface area (Å²) in [4.78, 5) is 42.4. The van der Waals surface area contributed by atoms with Crippen LogP contribution < -0.4 is 20.7 Å². The number of nitrogens with zero attached hydrogens (tertiary/aromatic N) is 4. The highest BCUT2D eigenvalue weighted by molar-refractivity contribution is 6.00. The number of nitrogens with one attached hydrogen (secondary N) is 3. The molecule has 1 aliphatic heterocycles. The van der Waals surface area contributed by atoms with Crippen molar-refractivity contribution in [2.75, 3.05) is 42.7 Å². The van der Waals surface area contributed by atoms with Crippen molar-refractivity contribution in [2.24, 2.45) is 5.92 Å². The number of carbonyl (C=O) groups excluding carboxylic acids is 3. The molecule has 0 spiro atoms. The predicted octanol–water partition coefficient (Wildman–Crippen LogP) is 3.85. The van der Waals surface area contributed by atoms with Gasteiger partial charge in [0.05, 0.1) is 25.6 Å². The van der Waals surface area contributed by atoms with Gasteiger partial charge in [0.1, 0.15) is 34.6 Å². The van der Waals surface area contributed by atoms with E-state index in [0.29, 0.717) is 57.8 Å². The van der Waals surface area contributed by atoms with Gasteiger partial charge in [-0.3, -0.25) is 4.79 Å². The summed E-state index contributed by atoms with van der Waals surface area (Å²) in [6, 6.07) is 3.76. The number of benzene rings is 1. The van der Waals surface area contributed by atoms with Gasteiger partial charge in [-0.25, -0.2) is 9.59 Å². The average Bonchev–Trinajstić information content (AvgIpc) is 3.46. The third-order valence-electron chi connectivity index (χ3n) is 7.51. The largest absolute Gasteiger partial charge is 0.488 e. The predicted molar refractivity (Wildman–Crippen MR) is 158 cm³/mol. The summed E-state index contributed by atoms with van der Waals surface area (Å²) in [5, 5.41) is 26.0. The number of anilines is 3. The molecule has 14 nitrogen and oxygen atoms in total. The Morgan fingerprint density at radius 2 is 1.70 bits per heavy atom. The van der Waals surface area contributed by atoms with Gasteiger partial charge in [-0.15, -0.1) is 0 Å². The first-order chi connectivity index (χ1) is 20.4. The minimum Gasteiger partial charge on any atom is -0.488 e. The summed E-state index contributed by atoms with van der Waals surface area (Å²) < 4.78 is 16.7. The van der Waals surface area contributed by atoms with Crippen LogP contribution >= 0.6 is 0 Å². The molecule has 232 valence electrons. The van der Waals surface area contributed by atoms with E-state index < -0.39 is 18.2 Å². The Labute approximate surface area is 249 Å². The molecule has 0 radical (unpaired) electrons. The number of aromatic nitrogens is 2. The van der Waals surface area contributed by atoms with Crippen LogP contribution in [-0.2, 0) is 11.2 Å². The molecule has 0 saturated carbocycles. The van der Waals surface area contributed by atoms with E-state index in [1.165, 1.54) is 4.90 Å². The molecule has 0 bridgehead atoms. The number of ether oxygens (including phenoxy) is 1. The van der Waals surface area contributed by atoms with Crippen molar-refractivity contribution in [1.29, 1.82) is 0 Å². The topological polar surface area (TPSA) is 175 Å². The maximum atomic E-state index is 13.5. The Balaban J connectivity index is 1.57. The van der Waals surface area contributed by atoms with Crippen LogP contribution in [0.3, 0.4) is 0 Å². The maximum Gasteiger partial charge on any atom is 0.323 e. The van der Waals surface area contributed by atoms with Crippen LogP contribution in [0.25, 0.3) is 0 Å². The minimum absolute atomic E-state index is 0.0114. The molecule has 1 aliphatic rings. The Bertz CT molecular complexity index is 1440. The molecule has 2 aromatic heterocycles. The minimum atomic E-state index is -0.514. The Kier molecular flexibility index (Phi) is 9.59. The Hall–Kier alpha value is -4.59. The molecular weight excluding hydrogens is 558 g/mol. The fraction of sp³-hybridized carbons (Fsp3) is 0.483. The van der Waals surface area contributed by atoms with Crippen LogP contribution in [-0.4, -0.2) is 82.1 Å². The molecule has 3 atom stereocenters. The van der Waals surface area contributed by atoms with E-state index in [4.69, 9.17) is 13.8 Å². The number of likely N-dealkylation sites (N-methyl/N-ethyl adjacent to an activating group) is 1. The zero-order chi connectivity index (χ0) is 31.4.